The predicted octanol–water partition coefficient (Wildman–Crippen LogP) is 1.59. The lowest BCUT2D eigenvalue weighted by molar-refractivity contribution is 0.105. The molecule has 0 aliphatic carbocycles. The molecule has 9 nitrogen and oxygen atoms in total. The molecular formula is C16H26N8O. The van der Waals surface area contributed by atoms with Crippen molar-refractivity contribution in [2.24, 2.45) is 0 Å². The quantitative estimate of drug-likeness (QED) is 0.466. The van der Waals surface area contributed by atoms with E-state index < -0.39 is 0 Å². The van der Waals surface area contributed by atoms with Crippen LogP contribution in [0.25, 0.3) is 5.65 Å². The highest BCUT2D eigenvalue weighted by molar-refractivity contribution is 5.56. The zero-order chi connectivity index (χ0) is 18.0. The molecule has 0 aromatic carbocycles. The number of anilines is 1. The molecule has 2 aromatic rings. The SMILES string of the molecule is CC(C)c1cnn2c(NN(C)C=N)nc(OC3CCN(C)CC3)nc12. The van der Waals surface area contributed by atoms with Gasteiger partial charge in [0.1, 0.15) is 12.4 Å². The summed E-state index contributed by atoms with van der Waals surface area (Å²) >= 11 is 0. The number of nitrogens with zero attached hydrogens (tertiary/aromatic N) is 6. The second-order valence-corrected chi connectivity index (χ2v) is 6.79. The van der Waals surface area contributed by atoms with E-state index in [2.05, 4.69) is 46.3 Å². The third-order valence-electron chi connectivity index (χ3n) is 4.40. The summed E-state index contributed by atoms with van der Waals surface area (Å²) in [6.07, 6.45) is 5.02. The number of hydrazine groups is 1. The van der Waals surface area contributed by atoms with Gasteiger partial charge in [-0.1, -0.05) is 13.8 Å². The fraction of sp³-hybridized carbons (Fsp3) is 0.625. The molecule has 0 spiro atoms. The van der Waals surface area contributed by atoms with Crippen LogP contribution in [-0.4, -0.2) is 69.1 Å². The molecule has 1 aliphatic heterocycles. The minimum absolute atomic E-state index is 0.123. The maximum Gasteiger partial charge on any atom is 0.322 e. The highest BCUT2D eigenvalue weighted by atomic mass is 16.5. The van der Waals surface area contributed by atoms with E-state index >= 15 is 0 Å². The fourth-order valence-corrected chi connectivity index (χ4v) is 2.85. The van der Waals surface area contributed by atoms with Gasteiger partial charge in [0.05, 0.1) is 6.20 Å². The molecule has 3 heterocycles. The molecule has 0 saturated carbocycles. The Morgan fingerprint density at radius 3 is 2.72 bits per heavy atom. The van der Waals surface area contributed by atoms with Crippen LogP contribution in [0.1, 0.15) is 38.2 Å². The first kappa shape index (κ1) is 17.4. The van der Waals surface area contributed by atoms with E-state index in [1.54, 1.807) is 11.6 Å². The molecule has 25 heavy (non-hydrogen) atoms. The third-order valence-corrected chi connectivity index (χ3v) is 4.40. The summed E-state index contributed by atoms with van der Waals surface area (Å²) in [6, 6.07) is 0.352. The molecule has 3 rings (SSSR count). The minimum Gasteiger partial charge on any atom is -0.460 e. The average Bonchev–Trinajstić information content (AvgIpc) is 3.01. The predicted molar refractivity (Wildman–Crippen MR) is 96.2 cm³/mol. The second kappa shape index (κ2) is 7.22. The molecule has 2 aromatic heterocycles. The van der Waals surface area contributed by atoms with Crippen molar-refractivity contribution in [2.75, 3.05) is 32.6 Å². The zero-order valence-electron chi connectivity index (χ0n) is 15.2. The van der Waals surface area contributed by atoms with Gasteiger partial charge in [0, 0.05) is 25.7 Å². The van der Waals surface area contributed by atoms with Crippen LogP contribution in [0, 0.1) is 5.41 Å². The van der Waals surface area contributed by atoms with E-state index in [-0.39, 0.29) is 12.0 Å². The normalized spacial score (nSPS) is 16.4. The lowest BCUT2D eigenvalue weighted by Crippen LogP contribution is -2.36. The topological polar surface area (TPSA) is 94.7 Å². The van der Waals surface area contributed by atoms with Crippen LogP contribution in [0.4, 0.5) is 5.95 Å². The number of rotatable bonds is 6. The van der Waals surface area contributed by atoms with Gasteiger partial charge in [-0.25, -0.2) is 0 Å². The Balaban J connectivity index is 1.94. The number of aromatic nitrogens is 4. The molecule has 0 atom stereocenters. The first-order valence-corrected chi connectivity index (χ1v) is 8.59. The van der Waals surface area contributed by atoms with Gasteiger partial charge in [-0.2, -0.15) is 19.6 Å². The van der Waals surface area contributed by atoms with E-state index in [0.29, 0.717) is 12.0 Å². The molecule has 1 aliphatic rings. The Hall–Kier alpha value is -2.42. The van der Waals surface area contributed by atoms with Crippen molar-refractivity contribution in [3.63, 3.8) is 0 Å². The Labute approximate surface area is 147 Å². The van der Waals surface area contributed by atoms with Crippen LogP contribution in [-0.2, 0) is 0 Å². The van der Waals surface area contributed by atoms with Gasteiger partial charge in [0.2, 0.25) is 5.95 Å². The van der Waals surface area contributed by atoms with Crippen LogP contribution in [0.3, 0.4) is 0 Å². The summed E-state index contributed by atoms with van der Waals surface area (Å²) in [5.74, 6) is 0.766. The van der Waals surface area contributed by atoms with Gasteiger partial charge in [0.25, 0.3) is 0 Å². The Morgan fingerprint density at radius 1 is 1.36 bits per heavy atom. The first-order valence-electron chi connectivity index (χ1n) is 8.59. The standard InChI is InChI=1S/C16H26N8O/c1-11(2)13-9-18-24-14(13)19-16(20-15(24)21-23(4)10-17)25-12-5-7-22(3)8-6-12/h9-12,17H,5-8H2,1-4H3,(H,19,20,21). The Bertz CT molecular complexity index is 735. The molecule has 0 radical (unpaired) electrons. The Morgan fingerprint density at radius 2 is 2.08 bits per heavy atom. The van der Waals surface area contributed by atoms with Gasteiger partial charge >= 0.3 is 6.01 Å². The molecule has 0 amide bonds. The summed E-state index contributed by atoms with van der Waals surface area (Å²) in [5.41, 5.74) is 4.79. The third kappa shape index (κ3) is 3.81. The number of nitrogens with one attached hydrogen (secondary N) is 2. The van der Waals surface area contributed by atoms with E-state index in [4.69, 9.17) is 10.1 Å². The van der Waals surface area contributed by atoms with Gasteiger partial charge < -0.3 is 9.64 Å². The maximum absolute atomic E-state index is 7.35. The van der Waals surface area contributed by atoms with Crippen molar-refractivity contribution in [1.29, 1.82) is 5.41 Å². The van der Waals surface area contributed by atoms with Crippen LogP contribution in [0.2, 0.25) is 0 Å². The summed E-state index contributed by atoms with van der Waals surface area (Å²) in [5, 5.41) is 13.2. The summed E-state index contributed by atoms with van der Waals surface area (Å²) in [6.45, 7) is 6.23. The molecular weight excluding hydrogens is 320 g/mol. The number of piperidine rings is 1. The smallest absolute Gasteiger partial charge is 0.322 e. The van der Waals surface area contributed by atoms with Crippen molar-refractivity contribution >= 4 is 17.9 Å². The largest absolute Gasteiger partial charge is 0.460 e. The van der Waals surface area contributed by atoms with Gasteiger partial charge in [0.15, 0.2) is 5.65 Å². The molecule has 9 heteroatoms. The maximum atomic E-state index is 7.35. The molecule has 1 saturated heterocycles. The molecule has 0 unspecified atom stereocenters. The first-order chi connectivity index (χ1) is 12.0. The van der Waals surface area contributed by atoms with Crippen molar-refractivity contribution in [3.8, 4) is 6.01 Å². The highest BCUT2D eigenvalue weighted by Crippen LogP contribution is 2.24. The summed E-state index contributed by atoms with van der Waals surface area (Å²) < 4.78 is 7.72. The van der Waals surface area contributed by atoms with Crippen LogP contribution >= 0.6 is 0 Å². The lowest BCUT2D eigenvalue weighted by Gasteiger charge is -2.28. The van der Waals surface area contributed by atoms with Crippen LogP contribution in [0.5, 0.6) is 6.01 Å². The average molecular weight is 346 g/mol. The summed E-state index contributed by atoms with van der Waals surface area (Å²) in [4.78, 5) is 11.4. The lowest BCUT2D eigenvalue weighted by atomic mass is 10.1. The second-order valence-electron chi connectivity index (χ2n) is 6.79. The highest BCUT2D eigenvalue weighted by Gasteiger charge is 2.21. The van der Waals surface area contributed by atoms with Crippen molar-refractivity contribution < 1.29 is 4.74 Å². The number of ether oxygens (including phenoxy) is 1. The van der Waals surface area contributed by atoms with Crippen molar-refractivity contribution in [1.82, 2.24) is 29.5 Å². The molecule has 0 bridgehead atoms. The number of fused-ring (bicyclic) bond motifs is 1. The monoisotopic (exact) mass is 346 g/mol. The molecule has 136 valence electrons. The summed E-state index contributed by atoms with van der Waals surface area (Å²) in [7, 11) is 3.85. The minimum atomic E-state index is 0.123. The van der Waals surface area contributed by atoms with E-state index in [9.17, 15) is 0 Å². The number of likely N-dealkylation sites (tertiary alicyclic amines) is 1. The van der Waals surface area contributed by atoms with Crippen LogP contribution in [0.15, 0.2) is 6.20 Å². The zero-order valence-corrected chi connectivity index (χ0v) is 15.2. The van der Waals surface area contributed by atoms with Crippen molar-refractivity contribution in [2.45, 2.75) is 38.7 Å². The number of hydrogen-bond donors (Lipinski definition) is 2. The van der Waals surface area contributed by atoms with Gasteiger partial charge in [-0.3, -0.25) is 15.8 Å². The molecule has 1 fully saturated rings. The van der Waals surface area contributed by atoms with Gasteiger partial charge in [-0.15, -0.1) is 0 Å². The van der Waals surface area contributed by atoms with E-state index in [0.717, 1.165) is 43.5 Å². The van der Waals surface area contributed by atoms with E-state index in [1.807, 2.05) is 6.20 Å². The number of hydrogen-bond acceptors (Lipinski definition) is 7. The van der Waals surface area contributed by atoms with E-state index in [1.165, 1.54) is 5.01 Å². The fourth-order valence-electron chi connectivity index (χ4n) is 2.85. The Kier molecular flexibility index (Phi) is 5.03. The molecule has 2 N–H and O–H groups in total. The van der Waals surface area contributed by atoms with Crippen molar-refractivity contribution in [3.05, 3.63) is 11.8 Å². The van der Waals surface area contributed by atoms with Crippen LogP contribution < -0.4 is 10.2 Å². The van der Waals surface area contributed by atoms with Gasteiger partial charge in [-0.05, 0) is 25.8 Å².